The highest BCUT2D eigenvalue weighted by molar-refractivity contribution is 7.91. The smallest absolute Gasteiger partial charge is 0.251 e. The van der Waals surface area contributed by atoms with E-state index in [1.54, 1.807) is 0 Å². The molecule has 1 aromatic rings. The molecule has 8 heteroatoms. The summed E-state index contributed by atoms with van der Waals surface area (Å²) in [6, 6.07) is 0. The van der Waals surface area contributed by atoms with Gasteiger partial charge in [0.1, 0.15) is 0 Å². The van der Waals surface area contributed by atoms with E-state index in [2.05, 4.69) is 9.71 Å². The van der Waals surface area contributed by atoms with E-state index in [-0.39, 0.29) is 21.2 Å². The minimum absolute atomic E-state index is 0.0621. The van der Waals surface area contributed by atoms with Gasteiger partial charge in [0.25, 0.3) is 10.0 Å². The van der Waals surface area contributed by atoms with Gasteiger partial charge in [-0.05, 0) is 12.3 Å². The number of nitrogens with one attached hydrogen (secondary N) is 1. The SMILES string of the molecule is CCC(CCO)CNS(=O)(=O)c1cnc(Cl)s1. The van der Waals surface area contributed by atoms with Crippen LogP contribution in [0, 0.1) is 5.92 Å². The molecular weight excluding hydrogens is 284 g/mol. The molecule has 5 nitrogen and oxygen atoms in total. The van der Waals surface area contributed by atoms with E-state index in [0.717, 1.165) is 17.8 Å². The molecular formula is C9H15ClN2O3S2. The zero-order valence-electron chi connectivity index (χ0n) is 9.39. The molecule has 1 rings (SSSR count). The number of halogens is 1. The van der Waals surface area contributed by atoms with Crippen LogP contribution in [0.15, 0.2) is 10.4 Å². The molecule has 0 amide bonds. The van der Waals surface area contributed by atoms with Crippen LogP contribution in [-0.2, 0) is 10.0 Å². The van der Waals surface area contributed by atoms with Crippen molar-refractivity contribution in [1.29, 1.82) is 0 Å². The number of nitrogens with zero attached hydrogens (tertiary/aromatic N) is 1. The summed E-state index contributed by atoms with van der Waals surface area (Å²) in [5.74, 6) is 0.137. The van der Waals surface area contributed by atoms with Gasteiger partial charge in [0, 0.05) is 13.2 Å². The van der Waals surface area contributed by atoms with E-state index >= 15 is 0 Å². The number of aliphatic hydroxyl groups is 1. The molecule has 1 atom stereocenters. The monoisotopic (exact) mass is 298 g/mol. The summed E-state index contributed by atoms with van der Waals surface area (Å²) in [5.41, 5.74) is 0. The first kappa shape index (κ1) is 14.8. The molecule has 0 spiro atoms. The lowest BCUT2D eigenvalue weighted by atomic mass is 10.0. The molecule has 98 valence electrons. The second-order valence-electron chi connectivity index (χ2n) is 3.57. The van der Waals surface area contributed by atoms with E-state index in [4.69, 9.17) is 16.7 Å². The molecule has 0 aliphatic carbocycles. The summed E-state index contributed by atoms with van der Waals surface area (Å²) in [7, 11) is -3.52. The van der Waals surface area contributed by atoms with Crippen molar-refractivity contribution in [3.63, 3.8) is 0 Å². The molecule has 0 aliphatic rings. The molecule has 0 saturated carbocycles. The molecule has 1 aromatic heterocycles. The van der Waals surface area contributed by atoms with Crippen LogP contribution in [0.5, 0.6) is 0 Å². The number of sulfonamides is 1. The number of thiazole rings is 1. The quantitative estimate of drug-likeness (QED) is 0.799. The van der Waals surface area contributed by atoms with Crippen LogP contribution in [-0.4, -0.2) is 31.7 Å². The van der Waals surface area contributed by atoms with Gasteiger partial charge in [-0.2, -0.15) is 0 Å². The Morgan fingerprint density at radius 2 is 2.35 bits per heavy atom. The summed E-state index contributed by atoms with van der Waals surface area (Å²) in [5, 5.41) is 8.81. The lowest BCUT2D eigenvalue weighted by Crippen LogP contribution is -2.29. The van der Waals surface area contributed by atoms with Gasteiger partial charge < -0.3 is 5.11 Å². The highest BCUT2D eigenvalue weighted by Crippen LogP contribution is 2.22. The zero-order valence-corrected chi connectivity index (χ0v) is 11.8. The van der Waals surface area contributed by atoms with Crippen LogP contribution in [0.1, 0.15) is 19.8 Å². The van der Waals surface area contributed by atoms with Gasteiger partial charge in [-0.15, -0.1) is 0 Å². The van der Waals surface area contributed by atoms with Crippen molar-refractivity contribution in [1.82, 2.24) is 9.71 Å². The fraction of sp³-hybridized carbons (Fsp3) is 0.667. The van der Waals surface area contributed by atoms with Crippen molar-refractivity contribution >= 4 is 33.0 Å². The van der Waals surface area contributed by atoms with Crippen molar-refractivity contribution in [2.75, 3.05) is 13.2 Å². The van der Waals surface area contributed by atoms with Gasteiger partial charge in [0.15, 0.2) is 8.68 Å². The molecule has 0 radical (unpaired) electrons. The van der Waals surface area contributed by atoms with Gasteiger partial charge in [-0.25, -0.2) is 18.1 Å². The first-order chi connectivity index (χ1) is 7.99. The van der Waals surface area contributed by atoms with Crippen molar-refractivity contribution in [3.05, 3.63) is 10.7 Å². The summed E-state index contributed by atoms with van der Waals surface area (Å²) in [4.78, 5) is 3.69. The van der Waals surface area contributed by atoms with Crippen molar-refractivity contribution in [3.8, 4) is 0 Å². The average molecular weight is 299 g/mol. The van der Waals surface area contributed by atoms with Crippen molar-refractivity contribution in [2.45, 2.75) is 24.0 Å². The van der Waals surface area contributed by atoms with E-state index < -0.39 is 10.0 Å². The maximum atomic E-state index is 11.8. The third kappa shape index (κ3) is 4.51. The lowest BCUT2D eigenvalue weighted by molar-refractivity contribution is 0.254. The number of aliphatic hydroxyl groups excluding tert-OH is 1. The minimum Gasteiger partial charge on any atom is -0.396 e. The van der Waals surface area contributed by atoms with Crippen molar-refractivity contribution < 1.29 is 13.5 Å². The second kappa shape index (κ2) is 6.65. The molecule has 2 N–H and O–H groups in total. The van der Waals surface area contributed by atoms with E-state index in [9.17, 15) is 8.42 Å². The molecule has 0 aliphatic heterocycles. The predicted octanol–water partition coefficient (Wildman–Crippen LogP) is 1.48. The van der Waals surface area contributed by atoms with E-state index in [1.807, 2.05) is 6.92 Å². The zero-order chi connectivity index (χ0) is 12.9. The first-order valence-corrected chi connectivity index (χ1v) is 7.89. The fourth-order valence-electron chi connectivity index (χ4n) is 1.30. The van der Waals surface area contributed by atoms with Crippen LogP contribution in [0.4, 0.5) is 0 Å². The van der Waals surface area contributed by atoms with E-state index in [0.29, 0.717) is 13.0 Å². The van der Waals surface area contributed by atoms with Crippen LogP contribution >= 0.6 is 22.9 Å². The van der Waals surface area contributed by atoms with Crippen LogP contribution in [0.25, 0.3) is 0 Å². The third-order valence-corrected chi connectivity index (χ3v) is 5.40. The Bertz CT molecular complexity index is 447. The highest BCUT2D eigenvalue weighted by atomic mass is 35.5. The molecule has 17 heavy (non-hydrogen) atoms. The van der Waals surface area contributed by atoms with Crippen molar-refractivity contribution in [2.24, 2.45) is 5.92 Å². The highest BCUT2D eigenvalue weighted by Gasteiger charge is 2.18. The Labute approximate surface area is 110 Å². The molecule has 0 bridgehead atoms. The molecule has 0 fully saturated rings. The summed E-state index contributed by atoms with van der Waals surface area (Å²) in [6.07, 6.45) is 2.64. The predicted molar refractivity (Wildman–Crippen MR) is 67.8 cm³/mol. The third-order valence-electron chi connectivity index (χ3n) is 2.40. The molecule has 0 saturated heterocycles. The van der Waals surface area contributed by atoms with Crippen LogP contribution < -0.4 is 4.72 Å². The minimum atomic E-state index is -3.52. The molecule has 1 unspecified atom stereocenters. The summed E-state index contributed by atoms with van der Waals surface area (Å²) >= 11 is 6.51. The van der Waals surface area contributed by atoms with Gasteiger partial charge in [0.05, 0.1) is 6.20 Å². The largest absolute Gasteiger partial charge is 0.396 e. The second-order valence-corrected chi connectivity index (χ2v) is 7.18. The number of hydrogen-bond donors (Lipinski definition) is 2. The standard InChI is InChI=1S/C9H15ClN2O3S2/c1-2-7(3-4-13)5-12-17(14,15)8-6-11-9(10)16-8/h6-7,12-13H,2-5H2,1H3. The first-order valence-electron chi connectivity index (χ1n) is 5.21. The Morgan fingerprint density at radius 3 is 2.82 bits per heavy atom. The summed E-state index contributed by atoms with van der Waals surface area (Å²) in [6.45, 7) is 2.33. The molecule has 0 aromatic carbocycles. The van der Waals surface area contributed by atoms with Gasteiger partial charge in [-0.3, -0.25) is 0 Å². The maximum absolute atomic E-state index is 11.8. The Kier molecular flexibility index (Phi) is 5.81. The normalized spacial score (nSPS) is 13.8. The lowest BCUT2D eigenvalue weighted by Gasteiger charge is -2.13. The van der Waals surface area contributed by atoms with Gasteiger partial charge in [-0.1, -0.05) is 36.3 Å². The van der Waals surface area contributed by atoms with Gasteiger partial charge >= 0.3 is 0 Å². The maximum Gasteiger partial charge on any atom is 0.251 e. The number of rotatable bonds is 7. The van der Waals surface area contributed by atoms with Crippen LogP contribution in [0.2, 0.25) is 4.47 Å². The fourth-order valence-corrected chi connectivity index (χ4v) is 3.75. The van der Waals surface area contributed by atoms with E-state index in [1.165, 1.54) is 6.20 Å². The average Bonchev–Trinajstić information content (AvgIpc) is 2.72. The number of hydrogen-bond acceptors (Lipinski definition) is 5. The molecule has 1 heterocycles. The summed E-state index contributed by atoms with van der Waals surface area (Å²) < 4.78 is 26.4. The Morgan fingerprint density at radius 1 is 1.65 bits per heavy atom. The Hall–Kier alpha value is -0.210. The number of aromatic nitrogens is 1. The van der Waals surface area contributed by atoms with Gasteiger partial charge in [0.2, 0.25) is 0 Å². The Balaban J connectivity index is 2.61. The topological polar surface area (TPSA) is 79.3 Å². The van der Waals surface area contributed by atoms with Crippen LogP contribution in [0.3, 0.4) is 0 Å².